The third-order valence-corrected chi connectivity index (χ3v) is 5.89. The molecule has 0 aromatic heterocycles. The lowest BCUT2D eigenvalue weighted by molar-refractivity contribution is 0.192. The van der Waals surface area contributed by atoms with Crippen molar-refractivity contribution in [3.05, 3.63) is 40.7 Å². The highest BCUT2D eigenvalue weighted by molar-refractivity contribution is 5.68. The second-order valence-corrected chi connectivity index (χ2v) is 7.47. The molecule has 0 spiro atoms. The van der Waals surface area contributed by atoms with Gasteiger partial charge in [-0.05, 0) is 73.6 Å². The highest BCUT2D eigenvalue weighted by Gasteiger charge is 2.31. The minimum absolute atomic E-state index is 0.000213. The highest BCUT2D eigenvalue weighted by atomic mass is 19.1. The molecule has 1 aromatic rings. The predicted octanol–water partition coefficient (Wildman–Crippen LogP) is 6.58. The molecule has 3 rings (SSSR count). The molecule has 126 valence electrons. The molecule has 0 saturated heterocycles. The molecule has 1 aromatic carbocycles. The molecule has 0 bridgehead atoms. The van der Waals surface area contributed by atoms with Crippen molar-refractivity contribution in [3.8, 4) is 0 Å². The first-order chi connectivity index (χ1) is 11.0. The largest absolute Gasteiger partial charge is 0.211 e. The Morgan fingerprint density at radius 1 is 0.870 bits per heavy atom. The minimum Gasteiger partial charge on any atom is -0.211 e. The molecule has 2 aliphatic rings. The number of rotatable bonds is 2. The highest BCUT2D eigenvalue weighted by Crippen LogP contribution is 2.44. The second kappa shape index (κ2) is 6.70. The van der Waals surface area contributed by atoms with Crippen LogP contribution in [0.3, 0.4) is 0 Å². The Hall–Kier alpha value is -1.25. The molecule has 0 amide bonds. The molecular weight excluding hydrogens is 297 g/mol. The van der Waals surface area contributed by atoms with Crippen LogP contribution in [-0.4, -0.2) is 0 Å². The normalized spacial score (nSPS) is 29.0. The summed E-state index contributed by atoms with van der Waals surface area (Å²) in [5.41, 5.74) is 0.877. The number of allylic oxidation sites excluding steroid dienone is 2. The van der Waals surface area contributed by atoms with Crippen LogP contribution < -0.4 is 0 Å². The van der Waals surface area contributed by atoms with Crippen LogP contribution in [0.15, 0.2) is 18.0 Å². The zero-order valence-electron chi connectivity index (χ0n) is 14.0. The molecule has 0 nitrogen and oxygen atoms in total. The van der Waals surface area contributed by atoms with E-state index in [-0.39, 0.29) is 11.4 Å². The summed E-state index contributed by atoms with van der Waals surface area (Å²) in [6.07, 6.45) is 6.83. The van der Waals surface area contributed by atoms with E-state index in [1.807, 2.05) is 0 Å². The Balaban J connectivity index is 1.77. The molecule has 0 aliphatic heterocycles. The van der Waals surface area contributed by atoms with Crippen LogP contribution in [-0.2, 0) is 0 Å². The van der Waals surface area contributed by atoms with Crippen molar-refractivity contribution < 1.29 is 13.2 Å². The van der Waals surface area contributed by atoms with Crippen LogP contribution in [0, 0.1) is 36.3 Å². The summed E-state index contributed by atoms with van der Waals surface area (Å²) in [5.74, 6) is 0.454. The Kier molecular flexibility index (Phi) is 4.84. The van der Waals surface area contributed by atoms with Gasteiger partial charge >= 0.3 is 0 Å². The van der Waals surface area contributed by atoms with Crippen LogP contribution >= 0.6 is 0 Å². The molecule has 0 N–H and O–H groups in total. The molecule has 1 saturated carbocycles. The number of hydrogen-bond donors (Lipinski definition) is 0. The standard InChI is InChI=1S/C20H25F3/c1-12-3-5-14(6-4-12)15-7-8-17(20(23)9-15)16-10-18(21)13(2)19(22)11-16/h10-12,14-15H,3-9H2,1-2H3. The number of hydrogen-bond acceptors (Lipinski definition) is 0. The number of halogens is 3. The Bertz CT molecular complexity index is 586. The predicted molar refractivity (Wildman–Crippen MR) is 87.6 cm³/mol. The maximum absolute atomic E-state index is 14.6. The van der Waals surface area contributed by atoms with Gasteiger partial charge in [-0.1, -0.05) is 19.8 Å². The van der Waals surface area contributed by atoms with Gasteiger partial charge < -0.3 is 0 Å². The average Bonchev–Trinajstić information content (AvgIpc) is 2.53. The Morgan fingerprint density at radius 2 is 1.48 bits per heavy atom. The van der Waals surface area contributed by atoms with E-state index >= 15 is 0 Å². The van der Waals surface area contributed by atoms with E-state index in [2.05, 4.69) is 6.92 Å². The molecule has 23 heavy (non-hydrogen) atoms. The summed E-state index contributed by atoms with van der Waals surface area (Å²) >= 11 is 0. The lowest BCUT2D eigenvalue weighted by Crippen LogP contribution is -2.23. The first-order valence-corrected chi connectivity index (χ1v) is 8.79. The molecular formula is C20H25F3. The minimum atomic E-state index is -0.594. The summed E-state index contributed by atoms with van der Waals surface area (Å²) < 4.78 is 42.1. The van der Waals surface area contributed by atoms with Gasteiger partial charge in [0, 0.05) is 12.0 Å². The van der Waals surface area contributed by atoms with Gasteiger partial charge in [-0.25, -0.2) is 13.2 Å². The first kappa shape index (κ1) is 16.6. The van der Waals surface area contributed by atoms with Gasteiger partial charge in [-0.15, -0.1) is 0 Å². The molecule has 1 atom stereocenters. The molecule has 1 unspecified atom stereocenters. The van der Waals surface area contributed by atoms with Crippen molar-refractivity contribution in [1.82, 2.24) is 0 Å². The lowest BCUT2D eigenvalue weighted by Gasteiger charge is -2.35. The third-order valence-electron chi connectivity index (χ3n) is 5.89. The van der Waals surface area contributed by atoms with Crippen molar-refractivity contribution >= 4 is 5.57 Å². The number of benzene rings is 1. The van der Waals surface area contributed by atoms with Crippen LogP contribution in [0.5, 0.6) is 0 Å². The van der Waals surface area contributed by atoms with Crippen molar-refractivity contribution in [3.63, 3.8) is 0 Å². The van der Waals surface area contributed by atoms with Crippen LogP contribution in [0.1, 0.15) is 63.0 Å². The molecule has 0 heterocycles. The summed E-state index contributed by atoms with van der Waals surface area (Å²) in [7, 11) is 0. The fraction of sp³-hybridized carbons (Fsp3) is 0.600. The van der Waals surface area contributed by atoms with Gasteiger partial charge in [-0.2, -0.15) is 0 Å². The van der Waals surface area contributed by atoms with E-state index in [0.717, 1.165) is 12.3 Å². The monoisotopic (exact) mass is 322 g/mol. The maximum atomic E-state index is 14.6. The van der Waals surface area contributed by atoms with Crippen molar-refractivity contribution in [2.45, 2.75) is 58.8 Å². The Labute approximate surface area is 136 Å². The van der Waals surface area contributed by atoms with Gasteiger partial charge in [0.2, 0.25) is 0 Å². The zero-order chi connectivity index (χ0) is 16.6. The quantitative estimate of drug-likeness (QED) is 0.577. The molecule has 2 aliphatic carbocycles. The summed E-state index contributed by atoms with van der Waals surface area (Å²) in [6.45, 7) is 3.69. The SMILES string of the molecule is Cc1c(F)cc(C2=C(F)CC(C3CCC(C)CC3)CC2)cc1F. The van der Waals surface area contributed by atoms with E-state index in [1.165, 1.54) is 44.7 Å². The topological polar surface area (TPSA) is 0 Å². The smallest absolute Gasteiger partial charge is 0.129 e. The fourth-order valence-corrected chi connectivity index (χ4v) is 4.20. The van der Waals surface area contributed by atoms with Gasteiger partial charge in [0.15, 0.2) is 0 Å². The molecule has 0 radical (unpaired) electrons. The van der Waals surface area contributed by atoms with Gasteiger partial charge in [0.05, 0.1) is 0 Å². The summed E-state index contributed by atoms with van der Waals surface area (Å²) in [5, 5.41) is 0. The summed E-state index contributed by atoms with van der Waals surface area (Å²) in [6, 6.07) is 2.55. The second-order valence-electron chi connectivity index (χ2n) is 7.47. The van der Waals surface area contributed by atoms with Gasteiger partial charge in [0.1, 0.15) is 17.5 Å². The van der Waals surface area contributed by atoms with E-state index < -0.39 is 11.6 Å². The lowest BCUT2D eigenvalue weighted by atomic mass is 9.71. The van der Waals surface area contributed by atoms with Crippen LogP contribution in [0.25, 0.3) is 5.57 Å². The van der Waals surface area contributed by atoms with E-state index in [4.69, 9.17) is 0 Å². The van der Waals surface area contributed by atoms with E-state index in [9.17, 15) is 13.2 Å². The van der Waals surface area contributed by atoms with E-state index in [1.54, 1.807) is 0 Å². The summed E-state index contributed by atoms with van der Waals surface area (Å²) in [4.78, 5) is 0. The van der Waals surface area contributed by atoms with Crippen LogP contribution in [0.4, 0.5) is 13.2 Å². The van der Waals surface area contributed by atoms with Crippen molar-refractivity contribution in [1.29, 1.82) is 0 Å². The first-order valence-electron chi connectivity index (χ1n) is 8.79. The maximum Gasteiger partial charge on any atom is 0.129 e. The van der Waals surface area contributed by atoms with Crippen molar-refractivity contribution in [2.24, 2.45) is 17.8 Å². The van der Waals surface area contributed by atoms with Crippen molar-refractivity contribution in [2.75, 3.05) is 0 Å². The van der Waals surface area contributed by atoms with Gasteiger partial charge in [-0.3, -0.25) is 0 Å². The van der Waals surface area contributed by atoms with Gasteiger partial charge in [0.25, 0.3) is 0 Å². The molecule has 1 fully saturated rings. The van der Waals surface area contributed by atoms with Crippen LogP contribution in [0.2, 0.25) is 0 Å². The average molecular weight is 322 g/mol. The fourth-order valence-electron chi connectivity index (χ4n) is 4.20. The Morgan fingerprint density at radius 3 is 2.04 bits per heavy atom. The third kappa shape index (κ3) is 3.49. The molecule has 3 heteroatoms. The zero-order valence-corrected chi connectivity index (χ0v) is 14.0. The van der Waals surface area contributed by atoms with E-state index in [0.29, 0.717) is 35.8 Å².